The molecular formula is C11H11ClN2O. The van der Waals surface area contributed by atoms with E-state index in [2.05, 4.69) is 0 Å². The van der Waals surface area contributed by atoms with Crippen LogP contribution in [0.4, 0.5) is 0 Å². The zero-order chi connectivity index (χ0) is 11.0. The van der Waals surface area contributed by atoms with Crippen LogP contribution in [-0.2, 0) is 0 Å². The Labute approximate surface area is 92.1 Å². The molecule has 0 aliphatic heterocycles. The minimum absolute atomic E-state index is 0.0974. The van der Waals surface area contributed by atoms with Crippen molar-refractivity contribution in [2.75, 3.05) is 0 Å². The molecule has 1 aromatic heterocycles. The molecule has 0 aliphatic carbocycles. The zero-order valence-electron chi connectivity index (χ0n) is 8.27. The van der Waals surface area contributed by atoms with Gasteiger partial charge < -0.3 is 5.73 Å². The van der Waals surface area contributed by atoms with Crippen molar-refractivity contribution in [2.24, 2.45) is 5.73 Å². The molecule has 0 spiro atoms. The van der Waals surface area contributed by atoms with E-state index in [9.17, 15) is 4.79 Å². The molecule has 0 aliphatic rings. The number of hydrogen-bond acceptors (Lipinski definition) is 2. The lowest BCUT2D eigenvalue weighted by Crippen LogP contribution is -2.27. The van der Waals surface area contributed by atoms with Gasteiger partial charge >= 0.3 is 0 Å². The summed E-state index contributed by atoms with van der Waals surface area (Å²) >= 11 is 5.87. The first-order valence-corrected chi connectivity index (χ1v) is 5.04. The van der Waals surface area contributed by atoms with Gasteiger partial charge in [0.15, 0.2) is 0 Å². The fourth-order valence-electron chi connectivity index (χ4n) is 1.66. The van der Waals surface area contributed by atoms with Crippen molar-refractivity contribution in [3.63, 3.8) is 0 Å². The normalized spacial score (nSPS) is 13.0. The van der Waals surface area contributed by atoms with Crippen molar-refractivity contribution in [3.05, 3.63) is 45.7 Å². The van der Waals surface area contributed by atoms with E-state index in [1.165, 1.54) is 6.07 Å². The first-order valence-electron chi connectivity index (χ1n) is 4.66. The lowest BCUT2D eigenvalue weighted by molar-refractivity contribution is 0.572. The van der Waals surface area contributed by atoms with Crippen LogP contribution < -0.4 is 11.3 Å². The summed E-state index contributed by atoms with van der Waals surface area (Å²) in [7, 11) is 0. The fraction of sp³-hybridized carbons (Fsp3) is 0.182. The molecule has 0 fully saturated rings. The number of aromatic nitrogens is 1. The van der Waals surface area contributed by atoms with Crippen LogP contribution in [0.25, 0.3) is 10.9 Å². The van der Waals surface area contributed by atoms with E-state index in [1.54, 1.807) is 23.6 Å². The van der Waals surface area contributed by atoms with E-state index in [1.807, 2.05) is 12.1 Å². The van der Waals surface area contributed by atoms with Gasteiger partial charge in [-0.3, -0.25) is 9.36 Å². The predicted octanol–water partition coefficient (Wildman–Crippen LogP) is 2.13. The molecule has 1 atom stereocenters. The van der Waals surface area contributed by atoms with E-state index in [4.69, 9.17) is 17.3 Å². The summed E-state index contributed by atoms with van der Waals surface area (Å²) in [5.74, 6) is 0. The third kappa shape index (κ3) is 1.76. The highest BCUT2D eigenvalue weighted by molar-refractivity contribution is 6.31. The molecule has 0 saturated heterocycles. The van der Waals surface area contributed by atoms with Crippen LogP contribution in [0.3, 0.4) is 0 Å². The van der Waals surface area contributed by atoms with Gasteiger partial charge in [0, 0.05) is 11.1 Å². The quantitative estimate of drug-likeness (QED) is 0.804. The number of hydrogen-bond donors (Lipinski definition) is 1. The van der Waals surface area contributed by atoms with Crippen molar-refractivity contribution in [1.82, 2.24) is 4.57 Å². The van der Waals surface area contributed by atoms with Gasteiger partial charge in [-0.2, -0.15) is 0 Å². The molecule has 15 heavy (non-hydrogen) atoms. The Morgan fingerprint density at radius 3 is 2.73 bits per heavy atom. The molecule has 1 aromatic carbocycles. The average Bonchev–Trinajstić information content (AvgIpc) is 2.17. The second-order valence-electron chi connectivity index (χ2n) is 3.49. The molecule has 2 aromatic rings. The van der Waals surface area contributed by atoms with Crippen molar-refractivity contribution >= 4 is 22.5 Å². The van der Waals surface area contributed by atoms with Crippen LogP contribution in [0, 0.1) is 0 Å². The van der Waals surface area contributed by atoms with E-state index in [0.717, 1.165) is 10.9 Å². The Kier molecular flexibility index (Phi) is 2.50. The molecule has 0 amide bonds. The Bertz CT molecular complexity index is 560. The highest BCUT2D eigenvalue weighted by Gasteiger charge is 2.06. The van der Waals surface area contributed by atoms with E-state index in [-0.39, 0.29) is 11.7 Å². The number of nitrogens with two attached hydrogens (primary N) is 1. The van der Waals surface area contributed by atoms with E-state index >= 15 is 0 Å². The number of rotatable bonds is 1. The van der Waals surface area contributed by atoms with Crippen LogP contribution in [-0.4, -0.2) is 4.57 Å². The Hall–Kier alpha value is -1.32. The highest BCUT2D eigenvalue weighted by atomic mass is 35.5. The van der Waals surface area contributed by atoms with Crippen LogP contribution in [0.5, 0.6) is 0 Å². The smallest absolute Gasteiger partial charge is 0.252 e. The highest BCUT2D eigenvalue weighted by Crippen LogP contribution is 2.18. The Morgan fingerprint density at radius 2 is 2.07 bits per heavy atom. The third-order valence-electron chi connectivity index (χ3n) is 2.30. The summed E-state index contributed by atoms with van der Waals surface area (Å²) in [4.78, 5) is 11.6. The summed E-state index contributed by atoms with van der Waals surface area (Å²) in [5, 5.41) is 1.57. The van der Waals surface area contributed by atoms with Gasteiger partial charge in [0.2, 0.25) is 0 Å². The maximum Gasteiger partial charge on any atom is 0.252 e. The van der Waals surface area contributed by atoms with Crippen molar-refractivity contribution in [2.45, 2.75) is 13.1 Å². The molecule has 2 N–H and O–H groups in total. The van der Waals surface area contributed by atoms with Gasteiger partial charge in [0.25, 0.3) is 5.56 Å². The Morgan fingerprint density at radius 1 is 1.33 bits per heavy atom. The number of benzene rings is 1. The fourth-order valence-corrected chi connectivity index (χ4v) is 1.84. The first-order chi connectivity index (χ1) is 7.09. The van der Waals surface area contributed by atoms with Crippen LogP contribution in [0.15, 0.2) is 35.1 Å². The van der Waals surface area contributed by atoms with Crippen molar-refractivity contribution in [3.8, 4) is 0 Å². The van der Waals surface area contributed by atoms with Gasteiger partial charge in [-0.25, -0.2) is 0 Å². The topological polar surface area (TPSA) is 48.0 Å². The van der Waals surface area contributed by atoms with Crippen LogP contribution in [0.2, 0.25) is 5.02 Å². The molecule has 2 rings (SSSR count). The summed E-state index contributed by atoms with van der Waals surface area (Å²) in [5.41, 5.74) is 6.46. The Balaban J connectivity index is 2.88. The summed E-state index contributed by atoms with van der Waals surface area (Å²) in [6.07, 6.45) is -0.345. The number of nitrogens with zero attached hydrogens (tertiary/aromatic N) is 1. The molecule has 78 valence electrons. The molecule has 3 nitrogen and oxygen atoms in total. The maximum atomic E-state index is 11.6. The van der Waals surface area contributed by atoms with E-state index in [0.29, 0.717) is 5.02 Å². The average molecular weight is 223 g/mol. The van der Waals surface area contributed by atoms with E-state index < -0.39 is 0 Å². The molecule has 1 heterocycles. The molecule has 0 radical (unpaired) electrons. The monoisotopic (exact) mass is 222 g/mol. The summed E-state index contributed by atoms with van der Waals surface area (Å²) < 4.78 is 1.55. The molecule has 0 bridgehead atoms. The molecule has 4 heteroatoms. The lowest BCUT2D eigenvalue weighted by Gasteiger charge is -2.13. The van der Waals surface area contributed by atoms with Crippen molar-refractivity contribution in [1.29, 1.82) is 0 Å². The van der Waals surface area contributed by atoms with Gasteiger partial charge in [0.1, 0.15) is 0 Å². The van der Waals surface area contributed by atoms with Gasteiger partial charge in [-0.1, -0.05) is 11.6 Å². The second-order valence-corrected chi connectivity index (χ2v) is 3.92. The second kappa shape index (κ2) is 3.68. The van der Waals surface area contributed by atoms with Gasteiger partial charge in [-0.15, -0.1) is 0 Å². The largest absolute Gasteiger partial charge is 0.311 e. The molecule has 0 saturated carbocycles. The van der Waals surface area contributed by atoms with Crippen molar-refractivity contribution < 1.29 is 0 Å². The standard InChI is InChI=1S/C11H11ClN2O/c1-7(13)14-10-4-3-9(12)6-8(10)2-5-11(14)15/h2-7H,13H2,1H3/t7-/m0/s1. The SMILES string of the molecule is C[C@@H](N)n1c(=O)ccc2cc(Cl)ccc21. The van der Waals surface area contributed by atoms with Crippen LogP contribution in [0.1, 0.15) is 13.1 Å². The van der Waals surface area contributed by atoms with Crippen LogP contribution >= 0.6 is 11.6 Å². The van der Waals surface area contributed by atoms with Gasteiger partial charge in [-0.05, 0) is 36.6 Å². The molecule has 0 unspecified atom stereocenters. The minimum atomic E-state index is -0.345. The first kappa shape index (κ1) is 10.2. The van der Waals surface area contributed by atoms with Gasteiger partial charge in [0.05, 0.1) is 11.7 Å². The lowest BCUT2D eigenvalue weighted by atomic mass is 10.2. The summed E-state index contributed by atoms with van der Waals surface area (Å²) in [6, 6.07) is 8.63. The predicted molar refractivity (Wildman–Crippen MR) is 62.1 cm³/mol. The number of fused-ring (bicyclic) bond motifs is 1. The minimum Gasteiger partial charge on any atom is -0.311 e. The molecular weight excluding hydrogens is 212 g/mol. The maximum absolute atomic E-state index is 11.6. The number of pyridine rings is 1. The summed E-state index contributed by atoms with van der Waals surface area (Å²) in [6.45, 7) is 1.77. The zero-order valence-corrected chi connectivity index (χ0v) is 9.03. The number of halogens is 1. The third-order valence-corrected chi connectivity index (χ3v) is 2.53.